The van der Waals surface area contributed by atoms with E-state index in [4.69, 9.17) is 0 Å². The molecule has 0 saturated carbocycles. The Labute approximate surface area is 110 Å². The van der Waals surface area contributed by atoms with Gasteiger partial charge in [0.05, 0.1) is 0 Å². The fraction of sp³-hybridized carbons (Fsp3) is 0.467. The highest BCUT2D eigenvalue weighted by molar-refractivity contribution is 5.88. The lowest BCUT2D eigenvalue weighted by atomic mass is 10.1. The summed E-state index contributed by atoms with van der Waals surface area (Å²) in [7, 11) is 1.92. The molecule has 98 valence electrons. The molecule has 3 nitrogen and oxygen atoms in total. The first kappa shape index (κ1) is 14.4. The van der Waals surface area contributed by atoms with Crippen molar-refractivity contribution in [3.63, 3.8) is 0 Å². The van der Waals surface area contributed by atoms with E-state index >= 15 is 0 Å². The Bertz CT molecular complexity index is 395. The molecule has 0 aliphatic carbocycles. The smallest absolute Gasteiger partial charge is 0.0443 e. The van der Waals surface area contributed by atoms with Gasteiger partial charge in [-0.05, 0) is 57.0 Å². The van der Waals surface area contributed by atoms with Crippen LogP contribution in [0.2, 0.25) is 0 Å². The van der Waals surface area contributed by atoms with Crippen LogP contribution in [0.15, 0.2) is 28.2 Å². The number of anilines is 1. The molecule has 0 aliphatic rings. The zero-order valence-corrected chi connectivity index (χ0v) is 11.9. The van der Waals surface area contributed by atoms with Gasteiger partial charge in [0.1, 0.15) is 0 Å². The third-order valence-corrected chi connectivity index (χ3v) is 2.31. The number of hydrogen-bond acceptors (Lipinski definition) is 3. The molecule has 1 aromatic rings. The van der Waals surface area contributed by atoms with E-state index in [0.29, 0.717) is 12.1 Å². The molecule has 1 N–H and O–H groups in total. The maximum Gasteiger partial charge on any atom is 0.0443 e. The van der Waals surface area contributed by atoms with Crippen molar-refractivity contribution in [1.29, 1.82) is 0 Å². The van der Waals surface area contributed by atoms with E-state index in [1.807, 2.05) is 19.5 Å². The van der Waals surface area contributed by atoms with E-state index in [2.05, 4.69) is 61.2 Å². The fourth-order valence-corrected chi connectivity index (χ4v) is 1.44. The van der Waals surface area contributed by atoms with Crippen molar-refractivity contribution < 1.29 is 0 Å². The van der Waals surface area contributed by atoms with Gasteiger partial charge in [0.25, 0.3) is 0 Å². The molecular weight excluding hydrogens is 222 g/mol. The van der Waals surface area contributed by atoms with Gasteiger partial charge in [-0.15, -0.1) is 0 Å². The number of nitrogens with one attached hydrogen (secondary N) is 1. The molecule has 1 rings (SSSR count). The van der Waals surface area contributed by atoms with Gasteiger partial charge >= 0.3 is 0 Å². The average molecular weight is 245 g/mol. The summed E-state index contributed by atoms with van der Waals surface area (Å²) in [4.78, 5) is 8.82. The van der Waals surface area contributed by atoms with Crippen LogP contribution in [-0.2, 0) is 0 Å². The van der Waals surface area contributed by atoms with Crippen LogP contribution < -0.4 is 5.32 Å². The maximum absolute atomic E-state index is 4.41. The van der Waals surface area contributed by atoms with E-state index in [1.54, 1.807) is 0 Å². The highest BCUT2D eigenvalue weighted by Crippen LogP contribution is 2.12. The monoisotopic (exact) mass is 245 g/mol. The Morgan fingerprint density at radius 3 is 1.67 bits per heavy atom. The van der Waals surface area contributed by atoms with Gasteiger partial charge in [-0.3, -0.25) is 9.98 Å². The van der Waals surface area contributed by atoms with Gasteiger partial charge in [0, 0.05) is 37.2 Å². The molecule has 0 bridgehead atoms. The van der Waals surface area contributed by atoms with Crippen LogP contribution in [0.4, 0.5) is 5.69 Å². The van der Waals surface area contributed by atoms with Gasteiger partial charge in [-0.25, -0.2) is 0 Å². The van der Waals surface area contributed by atoms with Gasteiger partial charge in [0.2, 0.25) is 0 Å². The van der Waals surface area contributed by atoms with Crippen molar-refractivity contribution in [3.8, 4) is 0 Å². The summed E-state index contributed by atoms with van der Waals surface area (Å²) in [6.07, 6.45) is 3.83. The quantitative estimate of drug-likeness (QED) is 0.793. The predicted molar refractivity (Wildman–Crippen MR) is 81.4 cm³/mol. The minimum absolute atomic E-state index is 0.316. The van der Waals surface area contributed by atoms with Crippen LogP contribution in [0.25, 0.3) is 0 Å². The average Bonchev–Trinajstić information content (AvgIpc) is 2.33. The topological polar surface area (TPSA) is 36.8 Å². The molecule has 0 heterocycles. The van der Waals surface area contributed by atoms with Gasteiger partial charge < -0.3 is 5.32 Å². The second kappa shape index (κ2) is 6.94. The Kier molecular flexibility index (Phi) is 5.56. The van der Waals surface area contributed by atoms with E-state index < -0.39 is 0 Å². The first-order valence-corrected chi connectivity index (χ1v) is 6.40. The molecule has 0 aromatic heterocycles. The van der Waals surface area contributed by atoms with E-state index in [-0.39, 0.29) is 0 Å². The summed E-state index contributed by atoms with van der Waals surface area (Å²) in [6, 6.07) is 6.89. The van der Waals surface area contributed by atoms with Crippen LogP contribution >= 0.6 is 0 Å². The molecule has 0 fully saturated rings. The number of benzene rings is 1. The predicted octanol–water partition coefficient (Wildman–Crippen LogP) is 3.38. The van der Waals surface area contributed by atoms with Crippen molar-refractivity contribution in [1.82, 2.24) is 0 Å². The highest BCUT2D eigenvalue weighted by atomic mass is 14.8. The highest BCUT2D eigenvalue weighted by Gasteiger charge is 1.98. The molecule has 18 heavy (non-hydrogen) atoms. The summed E-state index contributed by atoms with van der Waals surface area (Å²) in [6.45, 7) is 8.28. The van der Waals surface area contributed by atoms with Crippen molar-refractivity contribution >= 4 is 18.1 Å². The summed E-state index contributed by atoms with van der Waals surface area (Å²) in [5.74, 6) is 0. The van der Waals surface area contributed by atoms with Crippen molar-refractivity contribution in [2.45, 2.75) is 39.8 Å². The van der Waals surface area contributed by atoms with Crippen LogP contribution in [0.5, 0.6) is 0 Å². The Morgan fingerprint density at radius 2 is 1.33 bits per heavy atom. The summed E-state index contributed by atoms with van der Waals surface area (Å²) < 4.78 is 0. The molecule has 0 unspecified atom stereocenters. The third kappa shape index (κ3) is 5.13. The lowest BCUT2D eigenvalue weighted by Gasteiger charge is -2.05. The lowest BCUT2D eigenvalue weighted by molar-refractivity contribution is 0.841. The Morgan fingerprint density at radius 1 is 0.889 bits per heavy atom. The molecule has 0 spiro atoms. The minimum atomic E-state index is 0.316. The van der Waals surface area contributed by atoms with Crippen molar-refractivity contribution in [3.05, 3.63) is 29.3 Å². The molecular formula is C15H23N3. The summed E-state index contributed by atoms with van der Waals surface area (Å²) >= 11 is 0. The second-order valence-electron chi connectivity index (χ2n) is 4.88. The van der Waals surface area contributed by atoms with Gasteiger partial charge in [0.15, 0.2) is 0 Å². The first-order chi connectivity index (χ1) is 8.51. The van der Waals surface area contributed by atoms with Crippen LogP contribution in [0.1, 0.15) is 38.8 Å². The van der Waals surface area contributed by atoms with Crippen LogP contribution in [0, 0.1) is 0 Å². The minimum Gasteiger partial charge on any atom is -0.388 e. The Hall–Kier alpha value is -1.64. The largest absolute Gasteiger partial charge is 0.388 e. The van der Waals surface area contributed by atoms with Gasteiger partial charge in [-0.1, -0.05) is 0 Å². The third-order valence-electron chi connectivity index (χ3n) is 2.31. The SMILES string of the molecule is CNc1cc(/C=N/C(C)C)cc(/C=N/C(C)C)c1. The van der Waals surface area contributed by atoms with E-state index in [1.165, 1.54) is 0 Å². The summed E-state index contributed by atoms with van der Waals surface area (Å²) in [5.41, 5.74) is 3.27. The second-order valence-corrected chi connectivity index (χ2v) is 4.88. The summed E-state index contributed by atoms with van der Waals surface area (Å²) in [5, 5.41) is 3.16. The Balaban J connectivity index is 3.01. The molecule has 1 aromatic carbocycles. The van der Waals surface area contributed by atoms with Gasteiger partial charge in [-0.2, -0.15) is 0 Å². The fourth-order valence-electron chi connectivity index (χ4n) is 1.44. The zero-order chi connectivity index (χ0) is 13.5. The molecule has 0 aliphatic heterocycles. The maximum atomic E-state index is 4.41. The molecule has 0 atom stereocenters. The number of hydrogen-bond donors (Lipinski definition) is 1. The molecule has 3 heteroatoms. The molecule has 0 saturated heterocycles. The van der Waals surface area contributed by atoms with Crippen molar-refractivity contribution in [2.75, 3.05) is 12.4 Å². The standard InChI is InChI=1S/C15H23N3/c1-11(2)17-9-13-6-14(10-18-12(3)4)8-15(7-13)16-5/h6-12,16H,1-5H3/b17-9+,18-10+. The number of rotatable bonds is 5. The van der Waals surface area contributed by atoms with Crippen LogP contribution in [-0.4, -0.2) is 31.6 Å². The van der Waals surface area contributed by atoms with E-state index in [0.717, 1.165) is 16.8 Å². The number of aliphatic imine (C=N–C) groups is 2. The molecule has 0 amide bonds. The first-order valence-electron chi connectivity index (χ1n) is 6.40. The lowest BCUT2D eigenvalue weighted by Crippen LogP contribution is -1.97. The zero-order valence-electron chi connectivity index (χ0n) is 11.9. The number of nitrogens with zero attached hydrogens (tertiary/aromatic N) is 2. The normalized spacial score (nSPS) is 12.2. The van der Waals surface area contributed by atoms with Crippen LogP contribution in [0.3, 0.4) is 0 Å². The van der Waals surface area contributed by atoms with E-state index in [9.17, 15) is 0 Å². The van der Waals surface area contributed by atoms with Crippen molar-refractivity contribution in [2.24, 2.45) is 9.98 Å². The molecule has 0 radical (unpaired) electrons.